The van der Waals surface area contributed by atoms with Gasteiger partial charge in [-0.05, 0) is 43.7 Å². The largest absolute Gasteiger partial charge is 0.313 e. The predicted molar refractivity (Wildman–Crippen MR) is 76.7 cm³/mol. The monoisotopic (exact) mass is 253 g/mol. The maximum atomic E-state index is 5.99. The molecule has 1 nitrogen and oxygen atoms in total. The van der Waals surface area contributed by atoms with E-state index in [0.29, 0.717) is 6.04 Å². The predicted octanol–water partition coefficient (Wildman–Crippen LogP) is 4.88. The molecule has 1 aromatic rings. The molecule has 0 bridgehead atoms. The minimum atomic E-state index is 0.462. The molecule has 1 atom stereocenters. The molecule has 1 N–H and O–H groups in total. The lowest BCUT2D eigenvalue weighted by molar-refractivity contribution is 0.503. The Morgan fingerprint density at radius 3 is 2.59 bits per heavy atom. The highest BCUT2D eigenvalue weighted by Crippen LogP contribution is 2.25. The number of aryl methyl sites for hydroxylation is 1. The SMILES string of the molecule is CCCCCCC(NC)c1ccc(Cl)cc1C. The Morgan fingerprint density at radius 2 is 2.00 bits per heavy atom. The summed E-state index contributed by atoms with van der Waals surface area (Å²) in [6.07, 6.45) is 6.47. The van der Waals surface area contributed by atoms with Crippen molar-refractivity contribution in [3.8, 4) is 0 Å². The lowest BCUT2D eigenvalue weighted by atomic mass is 9.96. The Kier molecular flexibility index (Phi) is 6.61. The lowest BCUT2D eigenvalue weighted by Gasteiger charge is -2.19. The van der Waals surface area contributed by atoms with Gasteiger partial charge in [0.15, 0.2) is 0 Å². The summed E-state index contributed by atoms with van der Waals surface area (Å²) in [4.78, 5) is 0. The van der Waals surface area contributed by atoms with Crippen molar-refractivity contribution in [3.63, 3.8) is 0 Å². The first kappa shape index (κ1) is 14.5. The molecule has 0 aliphatic heterocycles. The second-order valence-corrected chi connectivity index (χ2v) is 5.13. The van der Waals surface area contributed by atoms with Crippen molar-refractivity contribution in [3.05, 3.63) is 34.3 Å². The molecule has 0 fully saturated rings. The third-order valence-corrected chi connectivity index (χ3v) is 3.54. The van der Waals surface area contributed by atoms with Crippen molar-refractivity contribution in [2.24, 2.45) is 0 Å². The number of hydrogen-bond acceptors (Lipinski definition) is 1. The van der Waals surface area contributed by atoms with E-state index in [1.54, 1.807) is 0 Å². The molecule has 1 unspecified atom stereocenters. The molecule has 0 radical (unpaired) electrons. The van der Waals surface area contributed by atoms with E-state index in [-0.39, 0.29) is 0 Å². The number of halogens is 1. The third kappa shape index (κ3) is 4.69. The number of hydrogen-bond donors (Lipinski definition) is 1. The fraction of sp³-hybridized carbons (Fsp3) is 0.600. The standard InChI is InChI=1S/C15H24ClN/c1-4-5-6-7-8-15(17-3)14-10-9-13(16)11-12(14)2/h9-11,15,17H,4-8H2,1-3H3. The second-order valence-electron chi connectivity index (χ2n) is 4.69. The van der Waals surface area contributed by atoms with E-state index in [1.807, 2.05) is 19.2 Å². The van der Waals surface area contributed by atoms with Gasteiger partial charge < -0.3 is 5.32 Å². The summed E-state index contributed by atoms with van der Waals surface area (Å²) in [6.45, 7) is 4.39. The summed E-state index contributed by atoms with van der Waals surface area (Å²) in [5.74, 6) is 0. The van der Waals surface area contributed by atoms with Gasteiger partial charge in [-0.25, -0.2) is 0 Å². The van der Waals surface area contributed by atoms with Crippen LogP contribution < -0.4 is 5.32 Å². The molecule has 0 aliphatic rings. The quantitative estimate of drug-likeness (QED) is 0.683. The van der Waals surface area contributed by atoms with Gasteiger partial charge >= 0.3 is 0 Å². The molecule has 96 valence electrons. The average molecular weight is 254 g/mol. The van der Waals surface area contributed by atoms with Crippen LogP contribution in [0.15, 0.2) is 18.2 Å². The number of nitrogens with one attached hydrogen (secondary N) is 1. The van der Waals surface area contributed by atoms with Gasteiger partial charge in [0.1, 0.15) is 0 Å². The molecule has 0 aromatic heterocycles. The molecule has 0 heterocycles. The molecule has 1 aromatic carbocycles. The third-order valence-electron chi connectivity index (χ3n) is 3.30. The zero-order chi connectivity index (χ0) is 12.7. The summed E-state index contributed by atoms with van der Waals surface area (Å²) < 4.78 is 0. The minimum Gasteiger partial charge on any atom is -0.313 e. The molecule has 0 saturated heterocycles. The molecule has 2 heteroatoms. The Hall–Kier alpha value is -0.530. The van der Waals surface area contributed by atoms with E-state index in [0.717, 1.165) is 5.02 Å². The number of unbranched alkanes of at least 4 members (excludes halogenated alkanes) is 3. The maximum absolute atomic E-state index is 5.99. The van der Waals surface area contributed by atoms with Gasteiger partial charge in [0, 0.05) is 11.1 Å². The smallest absolute Gasteiger partial charge is 0.0408 e. The summed E-state index contributed by atoms with van der Waals surface area (Å²) in [7, 11) is 2.04. The van der Waals surface area contributed by atoms with Crippen molar-refractivity contribution in [1.29, 1.82) is 0 Å². The Bertz CT molecular complexity index is 336. The molecular formula is C15H24ClN. The fourth-order valence-electron chi connectivity index (χ4n) is 2.26. The first-order chi connectivity index (χ1) is 8.19. The van der Waals surface area contributed by atoms with Crippen LogP contribution in [0.2, 0.25) is 5.02 Å². The van der Waals surface area contributed by atoms with Crippen LogP contribution in [0.4, 0.5) is 0 Å². The summed E-state index contributed by atoms with van der Waals surface area (Å²) >= 11 is 5.99. The van der Waals surface area contributed by atoms with Crippen molar-refractivity contribution in [2.75, 3.05) is 7.05 Å². The molecule has 0 amide bonds. The van der Waals surface area contributed by atoms with E-state index >= 15 is 0 Å². The van der Waals surface area contributed by atoms with Gasteiger partial charge in [0.25, 0.3) is 0 Å². The van der Waals surface area contributed by atoms with Gasteiger partial charge in [-0.3, -0.25) is 0 Å². The zero-order valence-electron chi connectivity index (χ0n) is 11.2. The molecule has 0 spiro atoms. The van der Waals surface area contributed by atoms with Crippen molar-refractivity contribution < 1.29 is 0 Å². The van der Waals surface area contributed by atoms with Crippen molar-refractivity contribution in [1.82, 2.24) is 5.32 Å². The van der Waals surface area contributed by atoms with Crippen molar-refractivity contribution in [2.45, 2.75) is 52.0 Å². The normalized spacial score (nSPS) is 12.7. The van der Waals surface area contributed by atoms with Crippen molar-refractivity contribution >= 4 is 11.6 Å². The average Bonchev–Trinajstić information content (AvgIpc) is 2.31. The van der Waals surface area contributed by atoms with Crippen LogP contribution in [0.3, 0.4) is 0 Å². The molecular weight excluding hydrogens is 230 g/mol. The molecule has 1 rings (SSSR count). The van der Waals surface area contributed by atoms with Gasteiger partial charge in [0.05, 0.1) is 0 Å². The van der Waals surface area contributed by atoms with Crippen LogP contribution >= 0.6 is 11.6 Å². The summed E-state index contributed by atoms with van der Waals surface area (Å²) in [5.41, 5.74) is 2.67. The van der Waals surface area contributed by atoms with Crippen LogP contribution in [0, 0.1) is 6.92 Å². The summed E-state index contributed by atoms with van der Waals surface area (Å²) in [6, 6.07) is 6.65. The van der Waals surface area contributed by atoms with E-state index < -0.39 is 0 Å². The highest BCUT2D eigenvalue weighted by molar-refractivity contribution is 6.30. The van der Waals surface area contributed by atoms with E-state index in [2.05, 4.69) is 25.2 Å². The van der Waals surface area contributed by atoms with E-state index in [1.165, 1.54) is 43.2 Å². The Labute approximate surface area is 111 Å². The van der Waals surface area contributed by atoms with Gasteiger partial charge in [-0.1, -0.05) is 50.3 Å². The first-order valence-corrected chi connectivity index (χ1v) is 7.00. The second kappa shape index (κ2) is 7.73. The first-order valence-electron chi connectivity index (χ1n) is 6.62. The number of rotatable bonds is 7. The van der Waals surface area contributed by atoms with Gasteiger partial charge in [0.2, 0.25) is 0 Å². The molecule has 0 saturated carbocycles. The Balaban J connectivity index is 2.59. The topological polar surface area (TPSA) is 12.0 Å². The zero-order valence-corrected chi connectivity index (χ0v) is 12.0. The highest BCUT2D eigenvalue weighted by Gasteiger charge is 2.11. The highest BCUT2D eigenvalue weighted by atomic mass is 35.5. The minimum absolute atomic E-state index is 0.462. The van der Waals surface area contributed by atoms with E-state index in [4.69, 9.17) is 11.6 Å². The number of benzene rings is 1. The van der Waals surface area contributed by atoms with Crippen LogP contribution in [0.5, 0.6) is 0 Å². The van der Waals surface area contributed by atoms with Crippen LogP contribution in [0.25, 0.3) is 0 Å². The lowest BCUT2D eigenvalue weighted by Crippen LogP contribution is -2.17. The van der Waals surface area contributed by atoms with Crippen LogP contribution in [-0.4, -0.2) is 7.05 Å². The van der Waals surface area contributed by atoms with Gasteiger partial charge in [-0.15, -0.1) is 0 Å². The van der Waals surface area contributed by atoms with Gasteiger partial charge in [-0.2, -0.15) is 0 Å². The maximum Gasteiger partial charge on any atom is 0.0408 e. The molecule has 17 heavy (non-hydrogen) atoms. The Morgan fingerprint density at radius 1 is 1.24 bits per heavy atom. The van der Waals surface area contributed by atoms with Crippen LogP contribution in [0.1, 0.15) is 56.2 Å². The fourth-order valence-corrected chi connectivity index (χ4v) is 2.49. The van der Waals surface area contributed by atoms with E-state index in [9.17, 15) is 0 Å². The van der Waals surface area contributed by atoms with Crippen LogP contribution in [-0.2, 0) is 0 Å². The molecule has 0 aliphatic carbocycles. The summed E-state index contributed by atoms with van der Waals surface area (Å²) in [5, 5.41) is 4.24.